The Morgan fingerprint density at radius 2 is 1.23 bits per heavy atom. The minimum Gasteiger partial charge on any atom is -0.396 e. The first-order valence-electron chi connectivity index (χ1n) is 11.3. The quantitative estimate of drug-likeness (QED) is 0.378. The molecule has 0 aliphatic heterocycles. The normalized spacial score (nSPS) is 12.5. The van der Waals surface area contributed by atoms with E-state index in [1.807, 2.05) is 6.20 Å². The summed E-state index contributed by atoms with van der Waals surface area (Å²) in [5.41, 5.74) is 8.16. The van der Waals surface area contributed by atoms with Gasteiger partial charge in [0.25, 0.3) is 0 Å². The van der Waals surface area contributed by atoms with Crippen LogP contribution in [0.15, 0.2) is 6.20 Å². The predicted octanol–water partition coefficient (Wildman–Crippen LogP) is 3.64. The number of hydrogen-bond acceptors (Lipinski definition) is 4. The lowest BCUT2D eigenvalue weighted by molar-refractivity contribution is 0.298. The average Bonchev–Trinajstić information content (AvgIpc) is 3.41. The molecular formula is C23H37N6OP. The molecule has 4 N–H and O–H groups in total. The molecule has 0 bridgehead atoms. The van der Waals surface area contributed by atoms with Crippen LogP contribution in [0, 0.1) is 0 Å². The molecule has 0 saturated carbocycles. The molecule has 3 aromatic heterocycles. The summed E-state index contributed by atoms with van der Waals surface area (Å²) >= 11 is 0. The summed E-state index contributed by atoms with van der Waals surface area (Å²) in [7, 11) is -1.11. The molecule has 0 aliphatic rings. The first kappa shape index (κ1) is 23.7. The van der Waals surface area contributed by atoms with E-state index in [1.165, 1.54) is 11.4 Å². The second-order valence-corrected chi connectivity index (χ2v) is 11.3. The van der Waals surface area contributed by atoms with Crippen LogP contribution in [0.5, 0.6) is 0 Å². The van der Waals surface area contributed by atoms with E-state index in [9.17, 15) is 5.11 Å². The largest absolute Gasteiger partial charge is 0.396 e. The lowest BCUT2D eigenvalue weighted by Gasteiger charge is -2.10. The Kier molecular flexibility index (Phi) is 7.38. The maximum Gasteiger partial charge on any atom is 0.144 e. The van der Waals surface area contributed by atoms with Gasteiger partial charge < -0.3 is 20.1 Å². The Hall–Kier alpha value is -1.98. The number of aromatic amines is 3. The Labute approximate surface area is 186 Å². The molecule has 0 amide bonds. The molecule has 3 heterocycles. The summed E-state index contributed by atoms with van der Waals surface area (Å²) in [6.07, 6.45) is 2.36. The highest BCUT2D eigenvalue weighted by Gasteiger charge is 2.30. The third-order valence-corrected chi connectivity index (χ3v) is 7.30. The molecule has 0 spiro atoms. The van der Waals surface area contributed by atoms with E-state index in [4.69, 9.17) is 9.97 Å². The van der Waals surface area contributed by atoms with E-state index in [1.54, 1.807) is 0 Å². The van der Waals surface area contributed by atoms with E-state index < -0.39 is 7.92 Å². The lowest BCUT2D eigenvalue weighted by atomic mass is 10.0. The van der Waals surface area contributed by atoms with E-state index in [2.05, 4.69) is 75.3 Å². The SMILES string of the molecule is CC(C)c1nc(P(c2ncc(CCO)[nH]2)c2nc(C(C)C)c(C(C)C)[nH]2)[nH]c1C(C)C. The van der Waals surface area contributed by atoms with Crippen molar-refractivity contribution in [3.05, 3.63) is 34.7 Å². The number of nitrogens with zero attached hydrogens (tertiary/aromatic N) is 3. The number of aliphatic hydroxyl groups is 1. The highest BCUT2D eigenvalue weighted by atomic mass is 31.1. The summed E-state index contributed by atoms with van der Waals surface area (Å²) in [5, 5.41) is 9.35. The van der Waals surface area contributed by atoms with Gasteiger partial charge in [0.15, 0.2) is 0 Å². The van der Waals surface area contributed by atoms with E-state index >= 15 is 0 Å². The van der Waals surface area contributed by atoms with Crippen molar-refractivity contribution >= 4 is 24.6 Å². The van der Waals surface area contributed by atoms with Gasteiger partial charge in [0, 0.05) is 36.3 Å². The molecule has 0 atom stereocenters. The van der Waals surface area contributed by atoms with Gasteiger partial charge in [0.2, 0.25) is 0 Å². The van der Waals surface area contributed by atoms with Crippen LogP contribution in [0.3, 0.4) is 0 Å². The Morgan fingerprint density at radius 3 is 1.58 bits per heavy atom. The number of H-pyrrole nitrogens is 3. The minimum absolute atomic E-state index is 0.0883. The summed E-state index contributed by atoms with van der Waals surface area (Å²) in [6, 6.07) is 0. The average molecular weight is 445 g/mol. The second kappa shape index (κ2) is 9.66. The maximum absolute atomic E-state index is 9.35. The van der Waals surface area contributed by atoms with Crippen molar-refractivity contribution in [1.82, 2.24) is 29.9 Å². The second-order valence-electron chi connectivity index (χ2n) is 9.38. The Bertz CT molecular complexity index is 889. The fraction of sp³-hybridized carbons (Fsp3) is 0.609. The molecule has 7 nitrogen and oxygen atoms in total. The summed E-state index contributed by atoms with van der Waals surface area (Å²) in [5.74, 6) is 1.36. The first-order chi connectivity index (χ1) is 14.6. The van der Waals surface area contributed by atoms with Crippen LogP contribution in [0.25, 0.3) is 0 Å². The molecule has 0 radical (unpaired) electrons. The zero-order valence-corrected chi connectivity index (χ0v) is 20.9. The van der Waals surface area contributed by atoms with Crippen LogP contribution < -0.4 is 16.7 Å². The van der Waals surface area contributed by atoms with Gasteiger partial charge >= 0.3 is 0 Å². The van der Waals surface area contributed by atoms with Crippen LogP contribution in [-0.4, -0.2) is 41.6 Å². The van der Waals surface area contributed by atoms with Crippen molar-refractivity contribution in [3.63, 3.8) is 0 Å². The van der Waals surface area contributed by atoms with Gasteiger partial charge in [-0.2, -0.15) is 0 Å². The summed E-state index contributed by atoms with van der Waals surface area (Å²) < 4.78 is 0. The molecular weight excluding hydrogens is 407 g/mol. The fourth-order valence-corrected chi connectivity index (χ4v) is 5.67. The number of aliphatic hydroxyl groups excluding tert-OH is 1. The van der Waals surface area contributed by atoms with Crippen molar-refractivity contribution in [2.45, 2.75) is 85.5 Å². The molecule has 170 valence electrons. The molecule has 0 unspecified atom stereocenters. The number of imidazole rings is 3. The maximum atomic E-state index is 9.35. The van der Waals surface area contributed by atoms with E-state index in [0.717, 1.165) is 33.8 Å². The summed E-state index contributed by atoms with van der Waals surface area (Å²) in [4.78, 5) is 25.5. The van der Waals surface area contributed by atoms with Gasteiger partial charge in [0.05, 0.1) is 11.4 Å². The third kappa shape index (κ3) is 4.93. The van der Waals surface area contributed by atoms with Crippen LogP contribution in [0.4, 0.5) is 0 Å². The molecule has 0 saturated heterocycles. The van der Waals surface area contributed by atoms with Gasteiger partial charge in [-0.15, -0.1) is 0 Å². The molecule has 8 heteroatoms. The van der Waals surface area contributed by atoms with E-state index in [-0.39, 0.29) is 6.61 Å². The standard InChI is InChI=1S/C23H37N6OP/c1-12(2)17-18(13(3)4)27-22(26-17)31(21-24-11-16(25-21)9-10-30)23-28-19(14(5)6)20(29-23)15(7)8/h11-15,30H,9-10H2,1-8H3,(H,24,25)(H,26,27)(H,28,29). The van der Waals surface area contributed by atoms with Crippen LogP contribution >= 0.6 is 7.92 Å². The molecule has 3 rings (SSSR count). The predicted molar refractivity (Wildman–Crippen MR) is 129 cm³/mol. The number of aromatic nitrogens is 6. The molecule has 0 fully saturated rings. The van der Waals surface area contributed by atoms with Crippen molar-refractivity contribution in [1.29, 1.82) is 0 Å². The molecule has 3 aromatic rings. The van der Waals surface area contributed by atoms with Crippen molar-refractivity contribution < 1.29 is 5.11 Å². The van der Waals surface area contributed by atoms with Crippen molar-refractivity contribution in [3.8, 4) is 0 Å². The molecule has 0 aromatic carbocycles. The van der Waals surface area contributed by atoms with Crippen molar-refractivity contribution in [2.24, 2.45) is 0 Å². The van der Waals surface area contributed by atoms with E-state index in [0.29, 0.717) is 30.1 Å². The Morgan fingerprint density at radius 1 is 0.742 bits per heavy atom. The van der Waals surface area contributed by atoms with Crippen LogP contribution in [0.1, 0.15) is 108 Å². The zero-order chi connectivity index (χ0) is 22.9. The minimum atomic E-state index is -1.11. The van der Waals surface area contributed by atoms with Gasteiger partial charge in [-0.3, -0.25) is 0 Å². The van der Waals surface area contributed by atoms with Gasteiger partial charge in [-0.1, -0.05) is 55.4 Å². The third-order valence-electron chi connectivity index (χ3n) is 5.38. The summed E-state index contributed by atoms with van der Waals surface area (Å²) in [6.45, 7) is 17.6. The number of hydrogen-bond donors (Lipinski definition) is 4. The molecule has 31 heavy (non-hydrogen) atoms. The highest BCUT2D eigenvalue weighted by molar-refractivity contribution is 7.78. The first-order valence-corrected chi connectivity index (χ1v) is 12.6. The topological polar surface area (TPSA) is 106 Å². The van der Waals surface area contributed by atoms with Gasteiger partial charge in [-0.25, -0.2) is 15.0 Å². The van der Waals surface area contributed by atoms with Crippen molar-refractivity contribution in [2.75, 3.05) is 6.61 Å². The van der Waals surface area contributed by atoms with Gasteiger partial charge in [-0.05, 0) is 23.7 Å². The monoisotopic (exact) mass is 444 g/mol. The highest BCUT2D eigenvalue weighted by Crippen LogP contribution is 2.34. The number of rotatable bonds is 9. The fourth-order valence-electron chi connectivity index (χ4n) is 3.76. The lowest BCUT2D eigenvalue weighted by Crippen LogP contribution is -2.28. The smallest absolute Gasteiger partial charge is 0.144 e. The zero-order valence-electron chi connectivity index (χ0n) is 20.0. The van der Waals surface area contributed by atoms with Crippen LogP contribution in [-0.2, 0) is 6.42 Å². The molecule has 0 aliphatic carbocycles. The number of nitrogens with one attached hydrogen (secondary N) is 3. The Balaban J connectivity index is 2.19. The van der Waals surface area contributed by atoms with Crippen LogP contribution in [0.2, 0.25) is 0 Å². The van der Waals surface area contributed by atoms with Gasteiger partial charge in [0.1, 0.15) is 24.6 Å².